The molecule has 0 nitrogen and oxygen atoms in total. The number of fused-ring (bicyclic) bond motifs is 1. The summed E-state index contributed by atoms with van der Waals surface area (Å²) in [6.45, 7) is 9.02. The van der Waals surface area contributed by atoms with Crippen molar-refractivity contribution >= 4 is 21.4 Å². The van der Waals surface area contributed by atoms with Gasteiger partial charge in [0, 0.05) is 4.70 Å². The van der Waals surface area contributed by atoms with Crippen molar-refractivity contribution in [2.45, 2.75) is 33.1 Å². The quantitative estimate of drug-likeness (QED) is 0.592. The van der Waals surface area contributed by atoms with E-state index in [1.54, 1.807) is 0 Å². The number of thiophene rings is 1. The Kier molecular flexibility index (Phi) is 2.15. The Bertz CT molecular complexity index is 458. The van der Waals surface area contributed by atoms with Crippen LogP contribution in [0.15, 0.2) is 23.6 Å². The fourth-order valence-corrected chi connectivity index (χ4v) is 2.79. The molecule has 14 heavy (non-hydrogen) atoms. The maximum absolute atomic E-state index is 2.33. The van der Waals surface area contributed by atoms with Gasteiger partial charge in [-0.25, -0.2) is 0 Å². The highest BCUT2D eigenvalue weighted by molar-refractivity contribution is 7.17. The van der Waals surface area contributed by atoms with Crippen LogP contribution < -0.4 is 0 Å². The van der Waals surface area contributed by atoms with E-state index in [4.69, 9.17) is 0 Å². The van der Waals surface area contributed by atoms with E-state index in [0.29, 0.717) is 0 Å². The van der Waals surface area contributed by atoms with Crippen LogP contribution in [0.4, 0.5) is 0 Å². The minimum atomic E-state index is 0.250. The highest BCUT2D eigenvalue weighted by atomic mass is 32.1. The summed E-state index contributed by atoms with van der Waals surface area (Å²) in [5.41, 5.74) is 3.12. The number of hydrogen-bond donors (Lipinski definition) is 0. The third kappa shape index (κ3) is 1.57. The Morgan fingerprint density at radius 1 is 1.14 bits per heavy atom. The van der Waals surface area contributed by atoms with Gasteiger partial charge < -0.3 is 0 Å². The molecule has 0 bridgehead atoms. The Morgan fingerprint density at radius 3 is 2.50 bits per heavy atom. The molecule has 0 unspecified atom stereocenters. The monoisotopic (exact) mass is 204 g/mol. The van der Waals surface area contributed by atoms with Crippen molar-refractivity contribution in [3.8, 4) is 0 Å². The predicted molar refractivity (Wildman–Crippen MR) is 65.3 cm³/mol. The average Bonchev–Trinajstić information content (AvgIpc) is 2.47. The van der Waals surface area contributed by atoms with Crippen LogP contribution in [0.25, 0.3) is 10.1 Å². The van der Waals surface area contributed by atoms with E-state index < -0.39 is 0 Å². The van der Waals surface area contributed by atoms with Gasteiger partial charge in [-0.1, -0.05) is 20.8 Å². The summed E-state index contributed by atoms with van der Waals surface area (Å²) < 4.78 is 1.40. The third-order valence-corrected chi connectivity index (χ3v) is 3.49. The van der Waals surface area contributed by atoms with Gasteiger partial charge in [0.2, 0.25) is 0 Å². The second-order valence-corrected chi connectivity index (χ2v) is 5.82. The van der Waals surface area contributed by atoms with Crippen molar-refractivity contribution < 1.29 is 0 Å². The average molecular weight is 204 g/mol. The van der Waals surface area contributed by atoms with Crippen LogP contribution in [0.1, 0.15) is 31.9 Å². The first kappa shape index (κ1) is 9.72. The Hall–Kier alpha value is -0.820. The van der Waals surface area contributed by atoms with E-state index in [-0.39, 0.29) is 5.41 Å². The molecule has 0 saturated heterocycles. The van der Waals surface area contributed by atoms with Crippen LogP contribution in [0.5, 0.6) is 0 Å². The Balaban J connectivity index is 2.71. The molecule has 0 spiro atoms. The van der Waals surface area contributed by atoms with Crippen molar-refractivity contribution in [3.05, 3.63) is 34.7 Å². The van der Waals surface area contributed by atoms with E-state index in [0.717, 1.165) is 0 Å². The second-order valence-electron chi connectivity index (χ2n) is 4.88. The molecule has 2 aromatic rings. The summed E-state index contributed by atoms with van der Waals surface area (Å²) >= 11 is 1.82. The van der Waals surface area contributed by atoms with Gasteiger partial charge in [-0.15, -0.1) is 11.3 Å². The van der Waals surface area contributed by atoms with Crippen LogP contribution in [0, 0.1) is 6.92 Å². The van der Waals surface area contributed by atoms with Crippen LogP contribution >= 0.6 is 11.3 Å². The molecular weight excluding hydrogens is 188 g/mol. The van der Waals surface area contributed by atoms with Gasteiger partial charge in [0.1, 0.15) is 0 Å². The standard InChI is InChI=1S/C13H16S/c1-9-7-12-10(5-6-14-12)8-11(9)13(2,3)4/h5-8H,1-4H3. The van der Waals surface area contributed by atoms with Crippen LogP contribution in [-0.2, 0) is 5.41 Å². The lowest BCUT2D eigenvalue weighted by Crippen LogP contribution is -2.12. The predicted octanol–water partition coefficient (Wildman–Crippen LogP) is 4.51. The first-order valence-corrected chi connectivity index (χ1v) is 5.85. The molecule has 1 heterocycles. The normalized spacial score (nSPS) is 12.3. The van der Waals surface area contributed by atoms with Gasteiger partial charge in [0.05, 0.1) is 0 Å². The van der Waals surface area contributed by atoms with E-state index in [1.165, 1.54) is 21.2 Å². The maximum Gasteiger partial charge on any atom is 0.0345 e. The summed E-state index contributed by atoms with van der Waals surface area (Å²) in [5, 5.41) is 3.54. The van der Waals surface area contributed by atoms with E-state index in [1.807, 2.05) is 11.3 Å². The molecule has 0 radical (unpaired) electrons. The molecule has 1 heteroatoms. The highest BCUT2D eigenvalue weighted by Crippen LogP contribution is 2.31. The Morgan fingerprint density at radius 2 is 1.86 bits per heavy atom. The van der Waals surface area contributed by atoms with E-state index in [9.17, 15) is 0 Å². The second kappa shape index (κ2) is 3.09. The molecule has 0 fully saturated rings. The number of aryl methyl sites for hydroxylation is 1. The minimum absolute atomic E-state index is 0.250. The topological polar surface area (TPSA) is 0 Å². The summed E-state index contributed by atoms with van der Waals surface area (Å²) in [6.07, 6.45) is 0. The third-order valence-electron chi connectivity index (χ3n) is 2.61. The molecule has 0 atom stereocenters. The molecule has 0 saturated carbocycles. The zero-order valence-corrected chi connectivity index (χ0v) is 10.0. The number of rotatable bonds is 0. The SMILES string of the molecule is Cc1cc2sccc2cc1C(C)(C)C. The van der Waals surface area contributed by atoms with Gasteiger partial charge in [-0.05, 0) is 52.4 Å². The Labute approximate surface area is 89.6 Å². The molecule has 0 N–H and O–H groups in total. The van der Waals surface area contributed by atoms with Crippen molar-refractivity contribution in [2.24, 2.45) is 0 Å². The largest absolute Gasteiger partial charge is 0.144 e. The van der Waals surface area contributed by atoms with Gasteiger partial charge in [0.25, 0.3) is 0 Å². The van der Waals surface area contributed by atoms with Gasteiger partial charge in [0.15, 0.2) is 0 Å². The van der Waals surface area contributed by atoms with Crippen LogP contribution in [0.3, 0.4) is 0 Å². The summed E-state index contributed by atoms with van der Waals surface area (Å²) in [5.74, 6) is 0. The van der Waals surface area contributed by atoms with Crippen molar-refractivity contribution in [2.75, 3.05) is 0 Å². The highest BCUT2D eigenvalue weighted by Gasteiger charge is 2.16. The van der Waals surface area contributed by atoms with Gasteiger partial charge in [-0.2, -0.15) is 0 Å². The molecule has 0 aliphatic rings. The van der Waals surface area contributed by atoms with E-state index in [2.05, 4.69) is 51.3 Å². The maximum atomic E-state index is 2.33. The minimum Gasteiger partial charge on any atom is -0.144 e. The van der Waals surface area contributed by atoms with Crippen molar-refractivity contribution in [1.29, 1.82) is 0 Å². The first-order chi connectivity index (χ1) is 6.48. The van der Waals surface area contributed by atoms with Crippen LogP contribution in [-0.4, -0.2) is 0 Å². The lowest BCUT2D eigenvalue weighted by Gasteiger charge is -2.21. The summed E-state index contributed by atoms with van der Waals surface area (Å²) in [7, 11) is 0. The molecule has 0 amide bonds. The molecule has 2 rings (SSSR count). The first-order valence-electron chi connectivity index (χ1n) is 4.97. The van der Waals surface area contributed by atoms with E-state index >= 15 is 0 Å². The molecule has 74 valence electrons. The smallest absolute Gasteiger partial charge is 0.0345 e. The zero-order valence-electron chi connectivity index (χ0n) is 9.22. The van der Waals surface area contributed by atoms with Crippen LogP contribution in [0.2, 0.25) is 0 Å². The number of hydrogen-bond acceptors (Lipinski definition) is 1. The van der Waals surface area contributed by atoms with Gasteiger partial charge in [-0.3, -0.25) is 0 Å². The van der Waals surface area contributed by atoms with Gasteiger partial charge >= 0.3 is 0 Å². The molecule has 1 aromatic heterocycles. The molecular formula is C13H16S. The molecule has 0 aliphatic heterocycles. The lowest BCUT2D eigenvalue weighted by molar-refractivity contribution is 0.587. The zero-order chi connectivity index (χ0) is 10.3. The number of benzene rings is 1. The molecule has 1 aromatic carbocycles. The lowest BCUT2D eigenvalue weighted by atomic mass is 9.84. The fourth-order valence-electron chi connectivity index (χ4n) is 1.92. The fraction of sp³-hybridized carbons (Fsp3) is 0.385. The molecule has 0 aliphatic carbocycles. The summed E-state index contributed by atoms with van der Waals surface area (Å²) in [4.78, 5) is 0. The van der Waals surface area contributed by atoms with Crippen molar-refractivity contribution in [1.82, 2.24) is 0 Å². The summed E-state index contributed by atoms with van der Waals surface area (Å²) in [6, 6.07) is 6.84. The van der Waals surface area contributed by atoms with Crippen molar-refractivity contribution in [3.63, 3.8) is 0 Å².